The van der Waals surface area contributed by atoms with E-state index in [1.165, 1.54) is 12.7 Å². The van der Waals surface area contributed by atoms with Crippen LogP contribution in [0.15, 0.2) is 12.7 Å². The van der Waals surface area contributed by atoms with Crippen LogP contribution in [-0.4, -0.2) is 25.3 Å². The number of rotatable bonds is 0. The highest BCUT2D eigenvalue weighted by Crippen LogP contribution is 2.11. The first-order valence-electron chi connectivity index (χ1n) is 3.87. The second-order valence-corrected chi connectivity index (χ2v) is 3.26. The van der Waals surface area contributed by atoms with Crippen molar-refractivity contribution in [2.75, 3.05) is 11.5 Å². The van der Waals surface area contributed by atoms with E-state index in [-0.39, 0.29) is 0 Å². The summed E-state index contributed by atoms with van der Waals surface area (Å²) in [5, 5.41) is 12.0. The van der Waals surface area contributed by atoms with Crippen LogP contribution in [0, 0.1) is 0 Å². The normalized spacial score (nSPS) is 9.59. The smallest absolute Gasteiger partial charge is 0.337 e. The number of H-pyrrole nitrogens is 4. The van der Waals surface area contributed by atoms with Crippen LogP contribution in [0.4, 0.5) is 11.9 Å². The van der Waals surface area contributed by atoms with Crippen molar-refractivity contribution in [3.05, 3.63) is 12.7 Å². The lowest BCUT2D eigenvalue weighted by molar-refractivity contribution is -0.360. The van der Waals surface area contributed by atoms with Gasteiger partial charge in [0, 0.05) is 0 Å². The molecule has 0 aliphatic carbocycles. The number of aromatic nitrogens is 6. The molecule has 0 aliphatic heterocycles. The number of phosphoric acid groups is 1. The summed E-state index contributed by atoms with van der Waals surface area (Å²) in [6, 6.07) is 0. The number of hydrogen-bond acceptors (Lipinski definition) is 7. The van der Waals surface area contributed by atoms with E-state index in [2.05, 4.69) is 30.4 Å². The molecule has 0 unspecified atom stereocenters. The van der Waals surface area contributed by atoms with E-state index in [0.29, 0.717) is 11.9 Å². The fourth-order valence-corrected chi connectivity index (χ4v) is 0.472. The predicted molar refractivity (Wildman–Crippen MR) is 48.9 cm³/mol. The number of anilines is 2. The summed E-state index contributed by atoms with van der Waals surface area (Å²) in [6.07, 6.45) is 2.96. The van der Waals surface area contributed by atoms with Gasteiger partial charge in [0.2, 0.25) is 12.7 Å². The highest BCUT2D eigenvalue weighted by Gasteiger charge is 1.85. The lowest BCUT2D eigenvalue weighted by Crippen LogP contribution is -2.11. The Morgan fingerprint density at radius 1 is 1.18 bits per heavy atom. The standard InChI is InChI=1S/2C2H4N4.H3O4P/c2*3-2-4-1-5-6-2;1-5(2,3)4/h2*1H,(H3,3,4,5,6);(H3,1,2,3,4). The van der Waals surface area contributed by atoms with Crippen molar-refractivity contribution >= 4 is 19.7 Å². The van der Waals surface area contributed by atoms with Crippen molar-refractivity contribution in [1.29, 1.82) is 0 Å². The summed E-state index contributed by atoms with van der Waals surface area (Å²) in [6.45, 7) is 0. The van der Waals surface area contributed by atoms with E-state index in [0.717, 1.165) is 0 Å². The molecule has 2 heterocycles. The highest BCUT2D eigenvalue weighted by atomic mass is 31.2. The van der Waals surface area contributed by atoms with Crippen LogP contribution in [-0.2, 0) is 4.57 Å². The third-order valence-electron chi connectivity index (χ3n) is 0.939. The van der Waals surface area contributed by atoms with Gasteiger partial charge in [-0.3, -0.25) is 0 Å². The molecular weight excluding hydrogens is 255 g/mol. The zero-order valence-corrected chi connectivity index (χ0v) is 9.22. The third kappa shape index (κ3) is 14.0. The molecule has 12 nitrogen and oxygen atoms in total. The Morgan fingerprint density at radius 2 is 1.47 bits per heavy atom. The molecule has 0 amide bonds. The minimum Gasteiger partial charge on any atom is -0.790 e. The average Bonchev–Trinajstić information content (AvgIpc) is 2.76. The van der Waals surface area contributed by atoms with Crippen molar-refractivity contribution in [1.82, 2.24) is 20.4 Å². The minimum atomic E-state index is -5.14. The molecule has 0 aromatic carbocycles. The molecule has 0 fully saturated rings. The van der Waals surface area contributed by atoms with Crippen molar-refractivity contribution in [3.63, 3.8) is 0 Å². The fraction of sp³-hybridized carbons (Fsp3) is 0. The Morgan fingerprint density at radius 3 is 1.53 bits per heavy atom. The number of nitrogens with one attached hydrogen (secondary N) is 4. The van der Waals surface area contributed by atoms with Crippen LogP contribution in [0.25, 0.3) is 0 Å². The molecule has 2 aromatic rings. The monoisotopic (exact) mass is 266 g/mol. The van der Waals surface area contributed by atoms with Crippen molar-refractivity contribution in [2.24, 2.45) is 0 Å². The molecule has 0 spiro atoms. The van der Waals surface area contributed by atoms with Gasteiger partial charge in [-0.15, -0.1) is 10.2 Å². The van der Waals surface area contributed by atoms with Crippen LogP contribution in [0.1, 0.15) is 0 Å². The van der Waals surface area contributed by atoms with E-state index in [9.17, 15) is 0 Å². The number of hydrogen-bond donors (Lipinski definition) is 5. The number of aromatic amines is 4. The average molecular weight is 266 g/mol. The van der Waals surface area contributed by atoms with Gasteiger partial charge in [-0.2, -0.15) is 0 Å². The van der Waals surface area contributed by atoms with Crippen molar-refractivity contribution < 1.29 is 29.2 Å². The Hall–Kier alpha value is -2.01. The van der Waals surface area contributed by atoms with Crippen molar-refractivity contribution in [3.8, 4) is 0 Å². The predicted octanol–water partition coefficient (Wildman–Crippen LogP) is -4.58. The Balaban J connectivity index is 0.000000228. The fourth-order valence-electron chi connectivity index (χ4n) is 0.472. The van der Waals surface area contributed by atoms with E-state index >= 15 is 0 Å². The zero-order chi connectivity index (χ0) is 13.3. The Bertz CT molecular complexity index is 382. The van der Waals surface area contributed by atoms with Gasteiger partial charge in [0.15, 0.2) is 0 Å². The summed E-state index contributed by atoms with van der Waals surface area (Å²) in [5.74, 6) is 0.963. The Kier molecular flexibility index (Phi) is 6.43. The molecule has 0 aliphatic rings. The largest absolute Gasteiger partial charge is 0.790 e. The molecule has 0 saturated carbocycles. The van der Waals surface area contributed by atoms with Gasteiger partial charge in [-0.25, -0.2) is 9.97 Å². The topological polar surface area (TPSA) is 221 Å². The molecule has 2 rings (SSSR count). The lowest BCUT2D eigenvalue weighted by Gasteiger charge is -2.19. The Labute approximate surface area is 94.3 Å². The van der Waals surface area contributed by atoms with Gasteiger partial charge in [0.05, 0.1) is 7.82 Å². The van der Waals surface area contributed by atoms with Gasteiger partial charge >= 0.3 is 11.9 Å². The second kappa shape index (κ2) is 7.29. The highest BCUT2D eigenvalue weighted by molar-refractivity contribution is 7.42. The molecule has 2 aromatic heterocycles. The summed E-state index contributed by atoms with van der Waals surface area (Å²) >= 11 is 0. The third-order valence-corrected chi connectivity index (χ3v) is 0.939. The number of nitrogen functional groups attached to an aromatic ring is 2. The molecule has 0 bridgehead atoms. The number of nitrogens with zero attached hydrogens (tertiary/aromatic N) is 2. The second-order valence-electron chi connectivity index (χ2n) is 2.32. The van der Waals surface area contributed by atoms with E-state index < -0.39 is 7.82 Å². The maximum Gasteiger partial charge on any atom is 0.337 e. The summed E-state index contributed by atoms with van der Waals surface area (Å²) in [7, 11) is -5.14. The first kappa shape index (κ1) is 15.0. The van der Waals surface area contributed by atoms with Gasteiger partial charge in [0.1, 0.15) is 0 Å². The van der Waals surface area contributed by atoms with Crippen LogP contribution in [0.5, 0.6) is 0 Å². The van der Waals surface area contributed by atoms with Crippen LogP contribution >= 0.6 is 7.82 Å². The SMILES string of the molecule is Nc1[nH]nc[nH+]1.Nc1[nH]nc[nH+]1.O=P([O-])([O-])O. The van der Waals surface area contributed by atoms with Gasteiger partial charge in [-0.05, 0) is 10.2 Å². The van der Waals surface area contributed by atoms with Gasteiger partial charge < -0.3 is 30.7 Å². The summed E-state index contributed by atoms with van der Waals surface area (Å²) in [5.41, 5.74) is 10.2. The molecule has 17 heavy (non-hydrogen) atoms. The van der Waals surface area contributed by atoms with Crippen molar-refractivity contribution in [2.45, 2.75) is 0 Å². The summed E-state index contributed by atoms with van der Waals surface area (Å²) in [4.78, 5) is 29.5. The molecule has 0 atom stereocenters. The summed E-state index contributed by atoms with van der Waals surface area (Å²) < 4.78 is 8.66. The molecule has 13 heteroatoms. The first-order valence-corrected chi connectivity index (χ1v) is 5.36. The van der Waals surface area contributed by atoms with E-state index in [4.69, 9.17) is 30.7 Å². The number of nitrogens with two attached hydrogens (primary N) is 2. The molecule has 9 N–H and O–H groups in total. The van der Waals surface area contributed by atoms with Gasteiger partial charge in [0.25, 0.3) is 0 Å². The maximum absolute atomic E-state index is 8.66. The molecular formula is C4H11N8O4P. The quantitative estimate of drug-likeness (QED) is 0.291. The van der Waals surface area contributed by atoms with Crippen LogP contribution < -0.4 is 31.2 Å². The first-order chi connectivity index (χ1) is 7.79. The lowest BCUT2D eigenvalue weighted by atomic mass is 11.1. The molecule has 0 radical (unpaired) electrons. The van der Waals surface area contributed by atoms with E-state index in [1.54, 1.807) is 0 Å². The van der Waals surface area contributed by atoms with Gasteiger partial charge in [-0.1, -0.05) is 0 Å². The van der Waals surface area contributed by atoms with Crippen LogP contribution in [0.2, 0.25) is 0 Å². The minimum absolute atomic E-state index is 0.481. The molecule has 96 valence electrons. The van der Waals surface area contributed by atoms with E-state index in [1.807, 2.05) is 0 Å². The molecule has 0 saturated heterocycles. The maximum atomic E-state index is 8.66. The van der Waals surface area contributed by atoms with Crippen LogP contribution in [0.3, 0.4) is 0 Å². The zero-order valence-electron chi connectivity index (χ0n) is 8.32.